The van der Waals surface area contributed by atoms with Gasteiger partial charge in [-0.3, -0.25) is 28.2 Å². The molecule has 28 nitrogen and oxygen atoms in total. The van der Waals surface area contributed by atoms with E-state index < -0.39 is 79.5 Å². The van der Waals surface area contributed by atoms with Gasteiger partial charge in [0.1, 0.15) is 49.8 Å². The summed E-state index contributed by atoms with van der Waals surface area (Å²) in [4.78, 5) is 17.2. The first kappa shape index (κ1) is 51.6. The van der Waals surface area contributed by atoms with Crippen LogP contribution < -0.4 is 4.74 Å². The average Bonchev–Trinajstić information content (AvgIpc) is 3.92. The van der Waals surface area contributed by atoms with Crippen LogP contribution in [0.25, 0.3) is 37.7 Å². The number of aromatic nitrogens is 3. The molecule has 0 aliphatic heterocycles. The molecule has 376 valence electrons. The molecular weight excluding hydrogens is 1070 g/mol. The van der Waals surface area contributed by atoms with E-state index in [1.54, 1.807) is 24.3 Å². The van der Waals surface area contributed by atoms with Crippen LogP contribution in [0.4, 0.5) is 39.3 Å². The predicted octanol–water partition coefficient (Wildman–Crippen LogP) is 9.88. The lowest BCUT2D eigenvalue weighted by atomic mass is 10.1. The number of nitriles is 1. The minimum absolute atomic E-state index is 0.00402. The van der Waals surface area contributed by atoms with Crippen LogP contribution in [-0.2, 0) is 39.7 Å². The van der Waals surface area contributed by atoms with Crippen molar-refractivity contribution in [3.63, 3.8) is 0 Å². The summed E-state index contributed by atoms with van der Waals surface area (Å²) in [5.74, 6) is -2.12. The van der Waals surface area contributed by atoms with E-state index in [2.05, 4.69) is 50.0 Å². The molecule has 0 amide bonds. The highest BCUT2D eigenvalue weighted by molar-refractivity contribution is 7.94. The Morgan fingerprint density at radius 2 is 1.55 bits per heavy atom. The largest absolute Gasteiger partial charge is 0.505 e. The third-order valence-corrected chi connectivity index (χ3v) is 14.4. The van der Waals surface area contributed by atoms with Crippen LogP contribution in [0.15, 0.2) is 112 Å². The molecule has 33 heteroatoms. The summed E-state index contributed by atoms with van der Waals surface area (Å²) < 4.78 is 114. The van der Waals surface area contributed by atoms with Crippen LogP contribution in [0.1, 0.15) is 23.1 Å². The van der Waals surface area contributed by atoms with Crippen molar-refractivity contribution in [2.45, 2.75) is 35.0 Å². The monoisotopic (exact) mass is 1100 g/mol. The zero-order chi connectivity index (χ0) is 52.7. The maximum Gasteiger partial charge on any atom is 0.296 e. The van der Waals surface area contributed by atoms with Crippen LogP contribution in [-0.4, -0.2) is 86.0 Å². The van der Waals surface area contributed by atoms with E-state index >= 15 is 0 Å². The van der Waals surface area contributed by atoms with Crippen molar-refractivity contribution in [1.82, 2.24) is 14.4 Å². The number of aromatic hydroxyl groups is 2. The van der Waals surface area contributed by atoms with Gasteiger partial charge < -0.3 is 14.9 Å². The minimum Gasteiger partial charge on any atom is -0.505 e. The number of ether oxygens (including phenoxy) is 1. The van der Waals surface area contributed by atoms with E-state index in [0.29, 0.717) is 34.0 Å². The number of hydrogen-bond donors (Lipinski definition) is 6. The van der Waals surface area contributed by atoms with Gasteiger partial charge in [0.2, 0.25) is 11.0 Å². The molecule has 0 fully saturated rings. The van der Waals surface area contributed by atoms with E-state index in [0.717, 1.165) is 18.2 Å². The molecule has 0 atom stereocenters. The fraction of sp³-hybridized carbons (Fsp3) is 0.125. The van der Waals surface area contributed by atoms with Crippen LogP contribution in [0.3, 0.4) is 0 Å². The maximum absolute atomic E-state index is 12.8. The number of phenols is 1. The number of pyridine rings is 1. The number of phenolic OH excluding ortho intramolecular Hbond substituents is 1. The normalized spacial score (nSPS) is 12.7. The van der Waals surface area contributed by atoms with Crippen LogP contribution in [0, 0.1) is 35.3 Å². The second-order valence-electron chi connectivity index (χ2n) is 15.1. The van der Waals surface area contributed by atoms with Crippen LogP contribution in [0.5, 0.6) is 17.4 Å². The third kappa shape index (κ3) is 10.7. The van der Waals surface area contributed by atoms with Gasteiger partial charge in [-0.1, -0.05) is 28.5 Å². The Bertz CT molecular complexity index is 4120. The maximum atomic E-state index is 12.8. The van der Waals surface area contributed by atoms with E-state index in [1.165, 1.54) is 36.4 Å². The number of para-hydroxylation sites is 2. The lowest BCUT2D eigenvalue weighted by molar-refractivity contribution is -0.432. The van der Waals surface area contributed by atoms with Gasteiger partial charge in [-0.15, -0.1) is 35.0 Å². The number of non-ortho nitro benzene ring substituents is 1. The fourth-order valence-corrected chi connectivity index (χ4v) is 10.3. The highest BCUT2D eigenvalue weighted by atomic mass is 32.2. The molecule has 0 aliphatic rings. The van der Waals surface area contributed by atoms with Crippen molar-refractivity contribution in [2.24, 2.45) is 30.7 Å². The molecule has 0 aliphatic carbocycles. The minimum atomic E-state index is -5.13. The molecule has 6 N–H and O–H groups in total. The quantitative estimate of drug-likeness (QED) is 0.00938. The Morgan fingerprint density at radius 3 is 2.23 bits per heavy atom. The third-order valence-electron chi connectivity index (χ3n) is 10.4. The van der Waals surface area contributed by atoms with Crippen molar-refractivity contribution in [2.75, 3.05) is 12.4 Å². The molecule has 0 saturated heterocycles. The highest BCUT2D eigenvalue weighted by Crippen LogP contribution is 2.48. The number of fused-ring (bicyclic) bond motifs is 5. The Morgan fingerprint density at radius 1 is 0.849 bits per heavy atom. The first-order valence-electron chi connectivity index (χ1n) is 20.0. The number of imidazole rings is 1. The number of benzene rings is 5. The summed E-state index contributed by atoms with van der Waals surface area (Å²) >= 11 is 0.957. The lowest BCUT2D eigenvalue weighted by Crippen LogP contribution is -2.08. The first-order chi connectivity index (χ1) is 34.5. The number of nitro groups is 1. The molecule has 3 aromatic heterocycles. The molecule has 0 spiro atoms. The van der Waals surface area contributed by atoms with Gasteiger partial charge in [0.15, 0.2) is 17.1 Å². The molecule has 73 heavy (non-hydrogen) atoms. The zero-order valence-corrected chi connectivity index (χ0v) is 40.7. The van der Waals surface area contributed by atoms with Gasteiger partial charge in [0.25, 0.3) is 36.0 Å². The second kappa shape index (κ2) is 20.0. The lowest BCUT2D eigenvalue weighted by Gasteiger charge is -2.13. The van der Waals surface area contributed by atoms with Gasteiger partial charge in [-0.05, 0) is 67.6 Å². The van der Waals surface area contributed by atoms with Gasteiger partial charge in [-0.2, -0.15) is 30.5 Å². The number of nitrogens with zero attached hydrogens (tertiary/aromatic N) is 11. The number of aryl methyl sites for hydroxylation is 1. The van der Waals surface area contributed by atoms with Crippen LogP contribution >= 0.6 is 23.4 Å². The van der Waals surface area contributed by atoms with Crippen LogP contribution in [0.2, 0.25) is 0 Å². The summed E-state index contributed by atoms with van der Waals surface area (Å²) in [6.07, 6.45) is -0.238. The zero-order valence-electron chi connectivity index (χ0n) is 36.6. The predicted molar refractivity (Wildman–Crippen MR) is 256 cm³/mol. The topological polar surface area (TPSA) is 423 Å². The SMILES string of the molecule is Cc1cc(N=Nc2c(SOOO)cc3cc(S(=O)(=O)O)c(N=Nc4c(C)c(C#N)c5nc6ccccc6n5c4O)cc3c2O)c(OCCCS(=O)(=O)O)cc1N=Nc1nc2c(S(=O)(=O)O)cc([N+](=O)[O-])cc2s1. The molecule has 0 unspecified atom stereocenters. The van der Waals surface area contributed by atoms with Gasteiger partial charge >= 0.3 is 0 Å². The summed E-state index contributed by atoms with van der Waals surface area (Å²) in [6.45, 7) is 2.62. The summed E-state index contributed by atoms with van der Waals surface area (Å²) in [5.41, 5.74) is -1.00. The Labute approximate surface area is 416 Å². The summed E-state index contributed by atoms with van der Waals surface area (Å²) in [7, 11) is -14.5. The number of hydrogen-bond acceptors (Lipinski definition) is 25. The van der Waals surface area contributed by atoms with Crippen molar-refractivity contribution in [3.8, 4) is 23.4 Å². The number of azo groups is 3. The van der Waals surface area contributed by atoms with E-state index in [-0.39, 0.29) is 95.7 Å². The Kier molecular flexibility index (Phi) is 14.2. The number of thiazole rings is 1. The molecule has 0 radical (unpaired) electrons. The standard InChI is InChI=1S/C40H29N11O17S5/c1-18-10-26(29(66-8-5-9-71(57,58)59)16-25(18)44-49-40-43-35-30(69-40)13-21(51(54)55)14-33(35)73(63,64)65)45-48-36-31(70-68-67-56)11-20-12-32(72(60,61)62)27(15-22(20)37(36)52)46-47-34-19(2)23(17-41)38-42-24-6-3-4-7-28(24)50(38)39(34)53/h3-4,6-7,10-16,52-53,56H,5,8-9H2,1-2H3,(H,57,58,59)(H,60,61,62)(H,63,64,65). The smallest absolute Gasteiger partial charge is 0.296 e. The number of rotatable bonds is 17. The van der Waals surface area contributed by atoms with Crippen molar-refractivity contribution in [1.29, 1.82) is 5.26 Å². The van der Waals surface area contributed by atoms with Gasteiger partial charge in [0.05, 0.1) is 55.6 Å². The van der Waals surface area contributed by atoms with E-state index in [1.807, 2.05) is 6.07 Å². The first-order valence-corrected chi connectivity index (χ1v) is 26.0. The molecule has 8 aromatic rings. The van der Waals surface area contributed by atoms with Gasteiger partial charge in [-0.25, -0.2) is 15.2 Å². The molecular formula is C40H29N11O17S5. The van der Waals surface area contributed by atoms with E-state index in [4.69, 9.17) is 9.99 Å². The molecule has 0 saturated carbocycles. The van der Waals surface area contributed by atoms with Crippen molar-refractivity contribution >= 4 is 131 Å². The summed E-state index contributed by atoms with van der Waals surface area (Å²) in [5, 5.41) is 81.7. The van der Waals surface area contributed by atoms with Gasteiger partial charge in [0, 0.05) is 29.1 Å². The van der Waals surface area contributed by atoms with E-state index in [9.17, 15) is 64.5 Å². The second-order valence-corrected chi connectivity index (χ2v) is 21.2. The molecule has 5 aromatic carbocycles. The van der Waals surface area contributed by atoms with Crippen molar-refractivity contribution in [3.05, 3.63) is 93.5 Å². The highest BCUT2D eigenvalue weighted by Gasteiger charge is 2.26. The average molecular weight is 1100 g/mol. The Hall–Kier alpha value is -7.75. The Balaban J connectivity index is 1.22. The number of nitro benzene ring substituents is 1. The van der Waals surface area contributed by atoms with Crippen molar-refractivity contribution < 1.29 is 73.4 Å². The molecule has 3 heterocycles. The summed E-state index contributed by atoms with van der Waals surface area (Å²) in [6, 6.07) is 16.0. The molecule has 0 bridgehead atoms. The fourth-order valence-electron chi connectivity index (χ4n) is 7.09. The molecule has 8 rings (SSSR count).